The molecule has 0 aromatic heterocycles. The molecule has 5 atom stereocenters. The van der Waals surface area contributed by atoms with Crippen LogP contribution in [0.3, 0.4) is 0 Å². The van der Waals surface area contributed by atoms with Gasteiger partial charge in [0.25, 0.3) is 0 Å². The smallest absolute Gasteiger partial charge is 0.225 e. The molecule has 9 heteroatoms. The van der Waals surface area contributed by atoms with E-state index in [4.69, 9.17) is 4.74 Å². The number of nitrogens with zero attached hydrogens (tertiary/aromatic N) is 1. The number of rotatable bonds is 12. The first-order valence-electron chi connectivity index (χ1n) is 13.4. The van der Waals surface area contributed by atoms with E-state index in [-0.39, 0.29) is 36.8 Å². The monoisotopic (exact) mass is 529 g/mol. The van der Waals surface area contributed by atoms with Crippen molar-refractivity contribution in [2.45, 2.75) is 69.9 Å². The van der Waals surface area contributed by atoms with Crippen LogP contribution in [-0.4, -0.2) is 65.7 Å². The lowest BCUT2D eigenvalue weighted by molar-refractivity contribution is -0.129. The van der Waals surface area contributed by atoms with Gasteiger partial charge in [-0.2, -0.15) is 0 Å². The van der Waals surface area contributed by atoms with Crippen molar-refractivity contribution >= 4 is 11.8 Å². The van der Waals surface area contributed by atoms with Gasteiger partial charge < -0.3 is 25.4 Å². The Balaban J connectivity index is 1.41. The summed E-state index contributed by atoms with van der Waals surface area (Å²) in [4.78, 5) is 27.3. The SMILES string of the molecule is CCCCN1CC(C(=O)NC(Cc2cc(F)cc(F)c2)[C@H](O)C2C[C@@H](OCc3ccccc3)CN2)CC1=O. The Labute approximate surface area is 222 Å². The summed E-state index contributed by atoms with van der Waals surface area (Å²) in [5.74, 6) is -2.37. The largest absolute Gasteiger partial charge is 0.389 e. The van der Waals surface area contributed by atoms with Crippen molar-refractivity contribution in [1.82, 2.24) is 15.5 Å². The summed E-state index contributed by atoms with van der Waals surface area (Å²) in [6.45, 7) is 3.97. The highest BCUT2D eigenvalue weighted by Gasteiger charge is 2.38. The minimum Gasteiger partial charge on any atom is -0.389 e. The zero-order chi connectivity index (χ0) is 27.1. The number of aliphatic hydroxyl groups is 1. The summed E-state index contributed by atoms with van der Waals surface area (Å²) in [6, 6.07) is 11.8. The van der Waals surface area contributed by atoms with Crippen LogP contribution in [0.1, 0.15) is 43.7 Å². The maximum atomic E-state index is 13.9. The number of nitrogens with one attached hydrogen (secondary N) is 2. The quantitative estimate of drug-likeness (QED) is 0.393. The van der Waals surface area contributed by atoms with Gasteiger partial charge in [-0.05, 0) is 42.5 Å². The van der Waals surface area contributed by atoms with E-state index in [1.54, 1.807) is 4.90 Å². The summed E-state index contributed by atoms with van der Waals surface area (Å²) in [6.07, 6.45) is 1.32. The van der Waals surface area contributed by atoms with Crippen LogP contribution in [0, 0.1) is 17.6 Å². The number of likely N-dealkylation sites (tertiary alicyclic amines) is 1. The standard InChI is InChI=1S/C29H37F2N3O4/c1-2-3-9-34-17-21(13-27(34)35)29(37)33-26(12-20-10-22(30)14-23(31)11-20)28(36)25-15-24(16-32-25)38-18-19-7-5-4-6-8-19/h4-8,10-11,14,21,24-26,28,32,36H,2-3,9,12-13,15-18H2,1H3,(H,33,37)/t21?,24-,25?,26?,28-/m1/s1. The Morgan fingerprint density at radius 2 is 1.92 bits per heavy atom. The molecule has 3 unspecified atom stereocenters. The molecule has 2 aliphatic heterocycles. The number of hydrogen-bond donors (Lipinski definition) is 3. The van der Waals surface area contributed by atoms with Gasteiger partial charge in [-0.15, -0.1) is 0 Å². The molecule has 2 aromatic carbocycles. The van der Waals surface area contributed by atoms with Crippen LogP contribution in [0.25, 0.3) is 0 Å². The second kappa shape index (κ2) is 13.3. The number of halogens is 2. The van der Waals surface area contributed by atoms with Crippen LogP contribution in [0.15, 0.2) is 48.5 Å². The highest BCUT2D eigenvalue weighted by Crippen LogP contribution is 2.22. The number of hydrogen-bond acceptors (Lipinski definition) is 5. The fraction of sp³-hybridized carbons (Fsp3) is 0.517. The number of carbonyl (C=O) groups excluding carboxylic acids is 2. The molecule has 2 heterocycles. The van der Waals surface area contributed by atoms with Gasteiger partial charge in [0, 0.05) is 38.2 Å². The van der Waals surface area contributed by atoms with E-state index in [0.29, 0.717) is 38.2 Å². The second-order valence-electron chi connectivity index (χ2n) is 10.4. The van der Waals surface area contributed by atoms with E-state index in [0.717, 1.165) is 24.5 Å². The zero-order valence-electron chi connectivity index (χ0n) is 21.7. The molecule has 0 aliphatic carbocycles. The van der Waals surface area contributed by atoms with Crippen molar-refractivity contribution < 1.29 is 28.2 Å². The Kier molecular flexibility index (Phi) is 9.82. The van der Waals surface area contributed by atoms with Gasteiger partial charge in [-0.3, -0.25) is 9.59 Å². The molecule has 2 fully saturated rings. The molecular weight excluding hydrogens is 492 g/mol. The maximum Gasteiger partial charge on any atom is 0.225 e. The molecule has 0 radical (unpaired) electrons. The average Bonchev–Trinajstić information content (AvgIpc) is 3.52. The van der Waals surface area contributed by atoms with Crippen molar-refractivity contribution in [3.05, 3.63) is 71.3 Å². The van der Waals surface area contributed by atoms with Crippen molar-refractivity contribution in [1.29, 1.82) is 0 Å². The molecule has 4 rings (SSSR count). The highest BCUT2D eigenvalue weighted by molar-refractivity contribution is 5.89. The Hall–Kier alpha value is -2.88. The van der Waals surface area contributed by atoms with Crippen molar-refractivity contribution in [2.75, 3.05) is 19.6 Å². The van der Waals surface area contributed by atoms with Crippen LogP contribution in [0.2, 0.25) is 0 Å². The summed E-state index contributed by atoms with van der Waals surface area (Å²) < 4.78 is 33.8. The molecule has 3 N–H and O–H groups in total. The van der Waals surface area contributed by atoms with Crippen LogP contribution in [-0.2, 0) is 27.4 Å². The van der Waals surface area contributed by atoms with E-state index in [9.17, 15) is 23.5 Å². The number of benzene rings is 2. The fourth-order valence-electron chi connectivity index (χ4n) is 5.24. The van der Waals surface area contributed by atoms with Gasteiger partial charge in [0.05, 0.1) is 30.8 Å². The number of carbonyl (C=O) groups is 2. The number of aliphatic hydroxyl groups excluding tert-OH is 1. The van der Waals surface area contributed by atoms with Gasteiger partial charge in [-0.25, -0.2) is 8.78 Å². The normalized spacial score (nSPS) is 23.0. The average molecular weight is 530 g/mol. The summed E-state index contributed by atoms with van der Waals surface area (Å²) in [5, 5.41) is 17.5. The third kappa shape index (κ3) is 7.58. The molecule has 206 valence electrons. The van der Waals surface area contributed by atoms with E-state index in [1.807, 2.05) is 37.3 Å². The Morgan fingerprint density at radius 3 is 2.63 bits per heavy atom. The van der Waals surface area contributed by atoms with Crippen LogP contribution >= 0.6 is 0 Å². The van der Waals surface area contributed by atoms with E-state index >= 15 is 0 Å². The predicted octanol–water partition coefficient (Wildman–Crippen LogP) is 2.95. The number of amides is 2. The Morgan fingerprint density at radius 1 is 1.18 bits per heavy atom. The molecule has 2 amide bonds. The fourth-order valence-corrected chi connectivity index (χ4v) is 5.24. The minimum atomic E-state index is -1.04. The molecule has 0 bridgehead atoms. The lowest BCUT2D eigenvalue weighted by Crippen LogP contribution is -2.53. The topological polar surface area (TPSA) is 90.9 Å². The highest BCUT2D eigenvalue weighted by atomic mass is 19.1. The summed E-state index contributed by atoms with van der Waals surface area (Å²) >= 11 is 0. The first-order chi connectivity index (χ1) is 18.3. The van der Waals surface area contributed by atoms with Crippen molar-refractivity contribution in [3.8, 4) is 0 Å². The van der Waals surface area contributed by atoms with Crippen molar-refractivity contribution in [3.63, 3.8) is 0 Å². The molecule has 7 nitrogen and oxygen atoms in total. The van der Waals surface area contributed by atoms with Gasteiger partial charge in [-0.1, -0.05) is 43.7 Å². The van der Waals surface area contributed by atoms with Crippen LogP contribution in [0.4, 0.5) is 8.78 Å². The first-order valence-corrected chi connectivity index (χ1v) is 13.4. The number of ether oxygens (including phenoxy) is 1. The zero-order valence-corrected chi connectivity index (χ0v) is 21.7. The van der Waals surface area contributed by atoms with Crippen LogP contribution < -0.4 is 10.6 Å². The molecule has 38 heavy (non-hydrogen) atoms. The third-order valence-corrected chi connectivity index (χ3v) is 7.35. The van der Waals surface area contributed by atoms with Gasteiger partial charge in [0.15, 0.2) is 0 Å². The molecule has 0 saturated carbocycles. The van der Waals surface area contributed by atoms with Crippen molar-refractivity contribution in [2.24, 2.45) is 5.92 Å². The minimum absolute atomic E-state index is 0.0372. The molecular formula is C29H37F2N3O4. The second-order valence-corrected chi connectivity index (χ2v) is 10.4. The molecule has 2 aliphatic rings. The van der Waals surface area contributed by atoms with Gasteiger partial charge >= 0.3 is 0 Å². The Bertz CT molecular complexity index is 1070. The predicted molar refractivity (Wildman–Crippen MR) is 139 cm³/mol. The first kappa shape index (κ1) is 28.1. The van der Waals surface area contributed by atoms with E-state index in [2.05, 4.69) is 10.6 Å². The lowest BCUT2D eigenvalue weighted by Gasteiger charge is -2.29. The van der Waals surface area contributed by atoms with Gasteiger partial charge in [0.1, 0.15) is 11.6 Å². The molecule has 2 saturated heterocycles. The summed E-state index contributed by atoms with van der Waals surface area (Å²) in [5.41, 5.74) is 1.38. The van der Waals surface area contributed by atoms with Crippen LogP contribution in [0.5, 0.6) is 0 Å². The van der Waals surface area contributed by atoms with Gasteiger partial charge in [0.2, 0.25) is 11.8 Å². The van der Waals surface area contributed by atoms with E-state index < -0.39 is 29.7 Å². The molecule has 0 spiro atoms. The lowest BCUT2D eigenvalue weighted by atomic mass is 9.94. The van der Waals surface area contributed by atoms with E-state index in [1.165, 1.54) is 12.1 Å². The molecule has 2 aromatic rings. The maximum absolute atomic E-state index is 13.9. The summed E-state index contributed by atoms with van der Waals surface area (Å²) in [7, 11) is 0. The number of unbranched alkanes of at least 4 members (excludes halogenated alkanes) is 1. The third-order valence-electron chi connectivity index (χ3n) is 7.35.